The fraction of sp³-hybridized carbons (Fsp3) is 0.726. The van der Waals surface area contributed by atoms with Gasteiger partial charge in [-0.3, -0.25) is 14.4 Å². The second-order valence-electron chi connectivity index (χ2n) is 18.9. The van der Waals surface area contributed by atoms with Crippen LogP contribution in [-0.2, 0) is 28.6 Å². The van der Waals surface area contributed by atoms with Crippen molar-refractivity contribution in [3.05, 3.63) is 85.1 Å². The summed E-state index contributed by atoms with van der Waals surface area (Å²) in [6, 6.07) is 0. The molecule has 0 bridgehead atoms. The fourth-order valence-electron chi connectivity index (χ4n) is 7.97. The molecule has 6 heteroatoms. The van der Waals surface area contributed by atoms with E-state index in [0.717, 1.165) is 83.5 Å². The van der Waals surface area contributed by atoms with Crippen LogP contribution in [0.4, 0.5) is 0 Å². The minimum Gasteiger partial charge on any atom is -0.462 e. The molecule has 0 saturated heterocycles. The molecule has 0 heterocycles. The molecule has 0 amide bonds. The predicted octanol–water partition coefficient (Wildman–Crippen LogP) is 19.2. The summed E-state index contributed by atoms with van der Waals surface area (Å²) in [6.07, 6.45) is 72.8. The predicted molar refractivity (Wildman–Crippen MR) is 293 cm³/mol. The first-order chi connectivity index (χ1) is 33.5. The van der Waals surface area contributed by atoms with Gasteiger partial charge < -0.3 is 14.2 Å². The van der Waals surface area contributed by atoms with E-state index in [2.05, 4.69) is 57.2 Å². The zero-order chi connectivity index (χ0) is 49.3. The molecule has 0 aromatic carbocycles. The first-order valence-electron chi connectivity index (χ1n) is 28.7. The highest BCUT2D eigenvalue weighted by Gasteiger charge is 2.19. The van der Waals surface area contributed by atoms with Crippen LogP contribution in [0, 0.1) is 0 Å². The number of esters is 3. The number of carbonyl (C=O) groups is 3. The lowest BCUT2D eigenvalue weighted by molar-refractivity contribution is -0.167. The van der Waals surface area contributed by atoms with Crippen molar-refractivity contribution < 1.29 is 28.6 Å². The molecular weight excluding hydrogens is 841 g/mol. The van der Waals surface area contributed by atoms with E-state index in [1.807, 2.05) is 48.6 Å². The maximum absolute atomic E-state index is 12.9. The highest BCUT2D eigenvalue weighted by Crippen LogP contribution is 2.16. The molecule has 0 aliphatic rings. The maximum atomic E-state index is 12.9. The van der Waals surface area contributed by atoms with E-state index in [1.54, 1.807) is 0 Å². The van der Waals surface area contributed by atoms with Gasteiger partial charge in [-0.05, 0) is 70.6 Å². The minimum atomic E-state index is -0.798. The van der Waals surface area contributed by atoms with Crippen molar-refractivity contribution in [2.75, 3.05) is 13.2 Å². The third-order valence-electron chi connectivity index (χ3n) is 12.3. The summed E-state index contributed by atoms with van der Waals surface area (Å²) < 4.78 is 16.8. The Hall–Kier alpha value is -3.41. The number of allylic oxidation sites excluding steroid dienone is 14. The van der Waals surface area contributed by atoms with Crippen molar-refractivity contribution >= 4 is 17.9 Å². The van der Waals surface area contributed by atoms with E-state index in [9.17, 15) is 14.4 Å². The average Bonchev–Trinajstić information content (AvgIpc) is 3.34. The first-order valence-corrected chi connectivity index (χ1v) is 28.7. The van der Waals surface area contributed by atoms with Crippen molar-refractivity contribution in [2.45, 2.75) is 277 Å². The van der Waals surface area contributed by atoms with Crippen molar-refractivity contribution in [2.24, 2.45) is 0 Å². The molecular formula is C62H106O6. The lowest BCUT2D eigenvalue weighted by atomic mass is 10.0. The SMILES string of the molecule is CC\C=C/C=C\C=C/C=C\C=C/CCCCCC(=O)OCC(COC(=O)CCCCCCCCCCCCCCCCCCCC)OC(=O)CCCCCCCCC/C=C\C/C=C\CCCCC. The van der Waals surface area contributed by atoms with Crippen LogP contribution in [0.5, 0.6) is 0 Å². The van der Waals surface area contributed by atoms with Crippen LogP contribution in [0.3, 0.4) is 0 Å². The van der Waals surface area contributed by atoms with E-state index >= 15 is 0 Å². The lowest BCUT2D eigenvalue weighted by Gasteiger charge is -2.18. The Kier molecular flexibility index (Phi) is 53.4. The van der Waals surface area contributed by atoms with Gasteiger partial charge in [0, 0.05) is 19.3 Å². The van der Waals surface area contributed by atoms with Crippen LogP contribution < -0.4 is 0 Å². The molecule has 0 aromatic rings. The molecule has 390 valence electrons. The highest BCUT2D eigenvalue weighted by molar-refractivity contribution is 5.71. The molecule has 0 saturated carbocycles. The van der Waals surface area contributed by atoms with E-state index < -0.39 is 6.10 Å². The Balaban J connectivity index is 4.43. The number of hydrogen-bond acceptors (Lipinski definition) is 6. The molecule has 1 atom stereocenters. The number of rotatable bonds is 51. The molecule has 1 unspecified atom stereocenters. The largest absolute Gasteiger partial charge is 0.462 e. The Labute approximate surface area is 420 Å². The van der Waals surface area contributed by atoms with Gasteiger partial charge >= 0.3 is 17.9 Å². The third-order valence-corrected chi connectivity index (χ3v) is 12.3. The molecule has 0 aromatic heterocycles. The first kappa shape index (κ1) is 64.6. The van der Waals surface area contributed by atoms with Gasteiger partial charge in [0.15, 0.2) is 6.10 Å². The van der Waals surface area contributed by atoms with Gasteiger partial charge in [-0.25, -0.2) is 0 Å². The van der Waals surface area contributed by atoms with Gasteiger partial charge in [0.2, 0.25) is 0 Å². The summed E-state index contributed by atoms with van der Waals surface area (Å²) in [6.45, 7) is 6.45. The molecule has 6 nitrogen and oxygen atoms in total. The Morgan fingerprint density at radius 2 is 0.632 bits per heavy atom. The summed E-state index contributed by atoms with van der Waals surface area (Å²) in [5.74, 6) is -0.936. The summed E-state index contributed by atoms with van der Waals surface area (Å²) in [4.78, 5) is 38.1. The second kappa shape index (κ2) is 56.2. The van der Waals surface area contributed by atoms with Gasteiger partial charge in [-0.2, -0.15) is 0 Å². The van der Waals surface area contributed by atoms with Crippen molar-refractivity contribution in [1.29, 1.82) is 0 Å². The molecule has 0 aliphatic heterocycles. The van der Waals surface area contributed by atoms with Crippen LogP contribution >= 0.6 is 0 Å². The van der Waals surface area contributed by atoms with Gasteiger partial charge in [0.05, 0.1) is 0 Å². The average molecular weight is 948 g/mol. The molecule has 0 rings (SSSR count). The second-order valence-corrected chi connectivity index (χ2v) is 18.9. The maximum Gasteiger partial charge on any atom is 0.306 e. The number of carbonyl (C=O) groups excluding carboxylic acids is 3. The van der Waals surface area contributed by atoms with Crippen molar-refractivity contribution in [1.82, 2.24) is 0 Å². The molecule has 0 spiro atoms. The topological polar surface area (TPSA) is 78.9 Å². The number of unbranched alkanes of at least 4 members (excludes halogenated alkanes) is 30. The van der Waals surface area contributed by atoms with Gasteiger partial charge in [-0.1, -0.05) is 266 Å². The molecule has 0 aliphatic carbocycles. The van der Waals surface area contributed by atoms with Crippen molar-refractivity contribution in [3.63, 3.8) is 0 Å². The Morgan fingerprint density at radius 1 is 0.324 bits per heavy atom. The minimum absolute atomic E-state index is 0.0919. The van der Waals surface area contributed by atoms with Crippen LogP contribution in [0.15, 0.2) is 85.1 Å². The number of hydrogen-bond donors (Lipinski definition) is 0. The summed E-state index contributed by atoms with van der Waals surface area (Å²) in [5.41, 5.74) is 0. The van der Waals surface area contributed by atoms with Gasteiger partial charge in [-0.15, -0.1) is 0 Å². The van der Waals surface area contributed by atoms with Crippen LogP contribution in [0.1, 0.15) is 271 Å². The highest BCUT2D eigenvalue weighted by atomic mass is 16.6. The molecule has 0 fully saturated rings. The van der Waals surface area contributed by atoms with Crippen molar-refractivity contribution in [3.8, 4) is 0 Å². The normalized spacial score (nSPS) is 12.7. The van der Waals surface area contributed by atoms with E-state index in [1.165, 1.54) is 148 Å². The summed E-state index contributed by atoms with van der Waals surface area (Å²) >= 11 is 0. The zero-order valence-electron chi connectivity index (χ0n) is 44.6. The van der Waals surface area contributed by atoms with Crippen LogP contribution in [0.25, 0.3) is 0 Å². The lowest BCUT2D eigenvalue weighted by Crippen LogP contribution is -2.30. The quantitative estimate of drug-likeness (QED) is 0.0199. The van der Waals surface area contributed by atoms with E-state index in [-0.39, 0.29) is 31.1 Å². The van der Waals surface area contributed by atoms with Gasteiger partial charge in [0.1, 0.15) is 13.2 Å². The molecule has 0 radical (unpaired) electrons. The Bertz CT molecular complexity index is 1320. The monoisotopic (exact) mass is 947 g/mol. The number of ether oxygens (including phenoxy) is 3. The van der Waals surface area contributed by atoms with E-state index in [4.69, 9.17) is 14.2 Å². The van der Waals surface area contributed by atoms with Gasteiger partial charge in [0.25, 0.3) is 0 Å². The fourth-order valence-corrected chi connectivity index (χ4v) is 7.97. The summed E-state index contributed by atoms with van der Waals surface area (Å²) in [5, 5.41) is 0. The van der Waals surface area contributed by atoms with E-state index in [0.29, 0.717) is 19.3 Å². The standard InChI is InChI=1S/C62H106O6/c1-4-7-10-13-16-19-22-25-28-30-32-34-37-40-43-46-49-52-55-61(64)67-58-59(57-66-60(63)54-51-48-45-42-39-36-33-27-24-21-18-15-12-9-6-3)68-62(65)56-53-50-47-44-41-38-35-31-29-26-23-20-17-14-11-8-5-2/h9,12,15,17-18,20-21,24,26-27,29,33,36,39,59H,4-8,10-11,13-14,16,19,22-23,25,28,30-32,34-35,37-38,40-58H2,1-3H3/b12-9-,18-15-,20-17-,24-21-,29-26-,33-27-,39-36-. The van der Waals surface area contributed by atoms with Crippen LogP contribution in [-0.4, -0.2) is 37.2 Å². The smallest absolute Gasteiger partial charge is 0.306 e. The summed E-state index contributed by atoms with van der Waals surface area (Å²) in [7, 11) is 0. The third kappa shape index (κ3) is 53.5. The van der Waals surface area contributed by atoms with Crippen LogP contribution in [0.2, 0.25) is 0 Å². The molecule has 0 N–H and O–H groups in total. The Morgan fingerprint density at radius 3 is 1.06 bits per heavy atom. The molecule has 68 heavy (non-hydrogen) atoms. The zero-order valence-corrected chi connectivity index (χ0v) is 44.6.